The topological polar surface area (TPSA) is 98.2 Å². The summed E-state index contributed by atoms with van der Waals surface area (Å²) >= 11 is 0. The molecule has 0 bridgehead atoms. The van der Waals surface area contributed by atoms with Gasteiger partial charge in [0.25, 0.3) is 0 Å². The Morgan fingerprint density at radius 3 is 2.40 bits per heavy atom. The van der Waals surface area contributed by atoms with E-state index >= 15 is 0 Å². The number of primary sulfonamides is 1. The molecular weight excluding hydrogens is 281 g/mol. The zero-order valence-electron chi connectivity index (χ0n) is 10.7. The fourth-order valence-corrected chi connectivity index (χ4v) is 2.51. The molecule has 7 heteroatoms. The third-order valence-electron chi connectivity index (χ3n) is 2.85. The molecule has 0 fully saturated rings. The smallest absolute Gasteiger partial charge is 0.240 e. The van der Waals surface area contributed by atoms with Crippen LogP contribution in [0, 0.1) is 12.7 Å². The Labute approximate surface area is 116 Å². The van der Waals surface area contributed by atoms with Crippen molar-refractivity contribution in [1.82, 2.24) is 0 Å². The van der Waals surface area contributed by atoms with Crippen molar-refractivity contribution < 1.29 is 12.8 Å². The van der Waals surface area contributed by atoms with Crippen molar-refractivity contribution in [2.24, 2.45) is 5.14 Å². The average molecular weight is 295 g/mol. The van der Waals surface area contributed by atoms with E-state index in [2.05, 4.69) is 5.32 Å². The maximum Gasteiger partial charge on any atom is 0.240 e. The van der Waals surface area contributed by atoms with E-state index in [4.69, 9.17) is 10.9 Å². The second kappa shape index (κ2) is 5.10. The van der Waals surface area contributed by atoms with Crippen LogP contribution in [0.4, 0.5) is 21.5 Å². The number of halogens is 1. The SMILES string of the molecule is Cc1cccc(F)c1Nc1cccc(S(N)(=O)=O)c1N. The largest absolute Gasteiger partial charge is 0.396 e. The molecule has 0 heterocycles. The van der Waals surface area contributed by atoms with Gasteiger partial charge in [-0.15, -0.1) is 0 Å². The van der Waals surface area contributed by atoms with Gasteiger partial charge in [0.05, 0.1) is 17.1 Å². The molecule has 0 radical (unpaired) electrons. The number of para-hydroxylation sites is 2. The summed E-state index contributed by atoms with van der Waals surface area (Å²) < 4.78 is 36.5. The highest BCUT2D eigenvalue weighted by Crippen LogP contribution is 2.30. The van der Waals surface area contributed by atoms with E-state index in [-0.39, 0.29) is 22.0 Å². The summed E-state index contributed by atoms with van der Waals surface area (Å²) in [6.07, 6.45) is 0. The normalized spacial score (nSPS) is 11.3. The zero-order chi connectivity index (χ0) is 14.9. The molecule has 5 nitrogen and oxygen atoms in total. The van der Waals surface area contributed by atoms with Gasteiger partial charge in [0.1, 0.15) is 10.7 Å². The van der Waals surface area contributed by atoms with Gasteiger partial charge in [-0.1, -0.05) is 18.2 Å². The van der Waals surface area contributed by atoms with E-state index in [1.165, 1.54) is 18.2 Å². The maximum atomic E-state index is 13.8. The number of aryl methyl sites for hydroxylation is 1. The molecule has 0 aromatic heterocycles. The second-order valence-corrected chi connectivity index (χ2v) is 5.85. The number of anilines is 3. The van der Waals surface area contributed by atoms with E-state index in [0.29, 0.717) is 5.56 Å². The summed E-state index contributed by atoms with van der Waals surface area (Å²) in [6, 6.07) is 8.94. The first-order chi connectivity index (χ1) is 9.30. The lowest BCUT2D eigenvalue weighted by atomic mass is 10.1. The van der Waals surface area contributed by atoms with Crippen LogP contribution >= 0.6 is 0 Å². The van der Waals surface area contributed by atoms with Crippen LogP contribution in [0.15, 0.2) is 41.3 Å². The molecule has 106 valence electrons. The van der Waals surface area contributed by atoms with Gasteiger partial charge in [0, 0.05) is 0 Å². The van der Waals surface area contributed by atoms with Gasteiger partial charge in [-0.25, -0.2) is 17.9 Å². The highest BCUT2D eigenvalue weighted by Gasteiger charge is 2.16. The monoisotopic (exact) mass is 295 g/mol. The molecule has 0 aliphatic carbocycles. The zero-order valence-corrected chi connectivity index (χ0v) is 11.5. The maximum absolute atomic E-state index is 13.8. The predicted molar refractivity (Wildman–Crippen MR) is 76.6 cm³/mol. The highest BCUT2D eigenvalue weighted by atomic mass is 32.2. The summed E-state index contributed by atoms with van der Waals surface area (Å²) in [5, 5.41) is 7.87. The number of sulfonamides is 1. The van der Waals surface area contributed by atoms with E-state index in [0.717, 1.165) is 0 Å². The number of nitrogens with two attached hydrogens (primary N) is 2. The average Bonchev–Trinajstić information content (AvgIpc) is 2.34. The molecule has 0 spiro atoms. The quantitative estimate of drug-likeness (QED) is 0.755. The Balaban J connectivity index is 2.51. The summed E-state index contributed by atoms with van der Waals surface area (Å²) in [5.41, 5.74) is 6.92. The molecule has 5 N–H and O–H groups in total. The second-order valence-electron chi connectivity index (χ2n) is 4.32. The van der Waals surface area contributed by atoms with Crippen LogP contribution in [0.25, 0.3) is 0 Å². The Bertz CT molecular complexity index is 740. The molecule has 0 aliphatic rings. The summed E-state index contributed by atoms with van der Waals surface area (Å²) in [4.78, 5) is -0.198. The lowest BCUT2D eigenvalue weighted by Gasteiger charge is -2.14. The molecule has 2 rings (SSSR count). The first-order valence-electron chi connectivity index (χ1n) is 5.74. The Hall–Kier alpha value is -2.12. The summed E-state index contributed by atoms with van der Waals surface area (Å²) in [5.74, 6) is -0.453. The predicted octanol–water partition coefficient (Wildman–Crippen LogP) is 2.11. The molecule has 0 atom stereocenters. The molecule has 2 aromatic carbocycles. The van der Waals surface area contributed by atoms with Crippen molar-refractivity contribution in [3.63, 3.8) is 0 Å². The minimum atomic E-state index is -3.93. The third kappa shape index (κ3) is 2.73. The Morgan fingerprint density at radius 2 is 1.80 bits per heavy atom. The van der Waals surface area contributed by atoms with Crippen molar-refractivity contribution in [2.45, 2.75) is 11.8 Å². The number of nitrogens with one attached hydrogen (secondary N) is 1. The van der Waals surface area contributed by atoms with Crippen molar-refractivity contribution >= 4 is 27.1 Å². The van der Waals surface area contributed by atoms with Crippen LogP contribution in [0.3, 0.4) is 0 Å². The molecule has 2 aromatic rings. The number of benzene rings is 2. The van der Waals surface area contributed by atoms with Gasteiger partial charge in [-0.05, 0) is 30.7 Å². The lowest BCUT2D eigenvalue weighted by molar-refractivity contribution is 0.598. The number of hydrogen-bond acceptors (Lipinski definition) is 4. The first-order valence-corrected chi connectivity index (χ1v) is 7.29. The van der Waals surface area contributed by atoms with Crippen molar-refractivity contribution in [3.05, 3.63) is 47.8 Å². The van der Waals surface area contributed by atoms with Crippen LogP contribution in [0.1, 0.15) is 5.56 Å². The lowest BCUT2D eigenvalue weighted by Crippen LogP contribution is -2.15. The molecule has 0 saturated heterocycles. The van der Waals surface area contributed by atoms with Crippen LogP contribution < -0.4 is 16.2 Å². The Kier molecular flexibility index (Phi) is 3.65. The minimum absolute atomic E-state index is 0.0438. The van der Waals surface area contributed by atoms with Crippen LogP contribution in [0.2, 0.25) is 0 Å². The number of rotatable bonds is 3. The summed E-state index contributed by atoms with van der Waals surface area (Å²) in [6.45, 7) is 1.73. The minimum Gasteiger partial charge on any atom is -0.396 e. The molecule has 0 aliphatic heterocycles. The van der Waals surface area contributed by atoms with Gasteiger partial charge in [0.15, 0.2) is 0 Å². The Morgan fingerprint density at radius 1 is 1.15 bits per heavy atom. The fraction of sp³-hybridized carbons (Fsp3) is 0.0769. The highest BCUT2D eigenvalue weighted by molar-refractivity contribution is 7.89. The van der Waals surface area contributed by atoms with E-state index in [1.54, 1.807) is 25.1 Å². The van der Waals surface area contributed by atoms with Gasteiger partial charge in [-0.2, -0.15) is 0 Å². The standard InChI is InChI=1S/C13H14FN3O2S/c1-8-4-2-5-9(14)13(8)17-10-6-3-7-11(12(10)15)20(16,18)19/h2-7,17H,15H2,1H3,(H2,16,18,19). The van der Waals surface area contributed by atoms with Crippen molar-refractivity contribution in [3.8, 4) is 0 Å². The third-order valence-corrected chi connectivity index (χ3v) is 3.82. The van der Waals surface area contributed by atoms with Crippen molar-refractivity contribution in [1.29, 1.82) is 0 Å². The van der Waals surface area contributed by atoms with Crippen LogP contribution in [-0.4, -0.2) is 8.42 Å². The van der Waals surface area contributed by atoms with Gasteiger partial charge in [-0.3, -0.25) is 0 Å². The van der Waals surface area contributed by atoms with Crippen LogP contribution in [-0.2, 0) is 10.0 Å². The van der Waals surface area contributed by atoms with Crippen LogP contribution in [0.5, 0.6) is 0 Å². The summed E-state index contributed by atoms with van der Waals surface area (Å²) in [7, 11) is -3.93. The van der Waals surface area contributed by atoms with E-state index in [9.17, 15) is 12.8 Å². The molecule has 0 amide bonds. The van der Waals surface area contributed by atoms with Gasteiger partial charge < -0.3 is 11.1 Å². The fourth-order valence-electron chi connectivity index (χ4n) is 1.83. The van der Waals surface area contributed by atoms with Gasteiger partial charge in [0.2, 0.25) is 10.0 Å². The number of hydrogen-bond donors (Lipinski definition) is 3. The van der Waals surface area contributed by atoms with E-state index in [1.807, 2.05) is 0 Å². The number of nitrogen functional groups attached to an aromatic ring is 1. The molecular formula is C13H14FN3O2S. The van der Waals surface area contributed by atoms with E-state index < -0.39 is 15.8 Å². The molecule has 20 heavy (non-hydrogen) atoms. The molecule has 0 unspecified atom stereocenters. The molecule has 0 saturated carbocycles. The van der Waals surface area contributed by atoms with Crippen molar-refractivity contribution in [2.75, 3.05) is 11.1 Å². The first kappa shape index (κ1) is 14.3. The van der Waals surface area contributed by atoms with Gasteiger partial charge >= 0.3 is 0 Å².